The van der Waals surface area contributed by atoms with E-state index in [1.807, 2.05) is 24.3 Å². The summed E-state index contributed by atoms with van der Waals surface area (Å²) in [5, 5.41) is 3.72. The van der Waals surface area contributed by atoms with Gasteiger partial charge in [-0.2, -0.15) is 0 Å². The summed E-state index contributed by atoms with van der Waals surface area (Å²) >= 11 is 5.90. The molecule has 0 aliphatic heterocycles. The number of aryl methyl sites for hydroxylation is 3. The fourth-order valence-corrected chi connectivity index (χ4v) is 4.44. The molecule has 1 heterocycles. The van der Waals surface area contributed by atoms with Gasteiger partial charge in [-0.25, -0.2) is 4.98 Å². The fourth-order valence-electron chi connectivity index (χ4n) is 4.31. The molecule has 176 valence electrons. The van der Waals surface area contributed by atoms with Crippen molar-refractivity contribution in [3.8, 4) is 0 Å². The van der Waals surface area contributed by atoms with Gasteiger partial charge in [-0.1, -0.05) is 72.6 Å². The number of benzene rings is 3. The van der Waals surface area contributed by atoms with Crippen molar-refractivity contribution >= 4 is 28.5 Å². The van der Waals surface area contributed by atoms with Crippen molar-refractivity contribution in [2.75, 3.05) is 6.54 Å². The Morgan fingerprint density at radius 2 is 1.56 bits per heavy atom. The highest BCUT2D eigenvalue weighted by Gasteiger charge is 2.10. The Kier molecular flexibility index (Phi) is 8.75. The van der Waals surface area contributed by atoms with Gasteiger partial charge in [0.15, 0.2) is 0 Å². The summed E-state index contributed by atoms with van der Waals surface area (Å²) in [4.78, 5) is 17.1. The third-order valence-electron chi connectivity index (χ3n) is 6.10. The minimum Gasteiger partial charge on any atom is -0.356 e. The van der Waals surface area contributed by atoms with Crippen LogP contribution in [0.2, 0.25) is 5.02 Å². The van der Waals surface area contributed by atoms with Crippen molar-refractivity contribution in [1.82, 2.24) is 14.9 Å². The lowest BCUT2D eigenvalue weighted by atomic mass is 10.1. The quantitative estimate of drug-likeness (QED) is 0.242. The zero-order chi connectivity index (χ0) is 23.6. The van der Waals surface area contributed by atoms with Gasteiger partial charge in [0.1, 0.15) is 5.82 Å². The number of carbonyl (C=O) groups excluding carboxylic acids is 1. The molecule has 3 aromatic carbocycles. The molecule has 4 rings (SSSR count). The third-order valence-corrected chi connectivity index (χ3v) is 6.35. The van der Waals surface area contributed by atoms with Gasteiger partial charge in [0.2, 0.25) is 5.91 Å². The molecule has 1 N–H and O–H groups in total. The van der Waals surface area contributed by atoms with Crippen LogP contribution in [0.5, 0.6) is 0 Å². The molecule has 0 radical (unpaired) electrons. The molecule has 0 fully saturated rings. The minimum absolute atomic E-state index is 0.0579. The molecule has 0 unspecified atom stereocenters. The average Bonchev–Trinajstić information content (AvgIpc) is 3.21. The predicted molar refractivity (Wildman–Crippen MR) is 140 cm³/mol. The van der Waals surface area contributed by atoms with Gasteiger partial charge in [-0.15, -0.1) is 0 Å². The molecule has 0 bridgehead atoms. The Hall–Kier alpha value is -3.11. The molecule has 0 aliphatic carbocycles. The average molecular weight is 474 g/mol. The number of nitrogens with one attached hydrogen (secondary N) is 1. The minimum atomic E-state index is 0.0579. The second-order valence-electron chi connectivity index (χ2n) is 8.72. The van der Waals surface area contributed by atoms with Gasteiger partial charge in [0.05, 0.1) is 17.5 Å². The molecular formula is C29H32ClN3O. The van der Waals surface area contributed by atoms with E-state index in [0.717, 1.165) is 56.1 Å². The molecule has 0 saturated carbocycles. The Morgan fingerprint density at radius 1 is 0.794 bits per heavy atom. The number of carbonyl (C=O) groups is 1. The summed E-state index contributed by atoms with van der Waals surface area (Å²) in [6.45, 7) is 1.69. The maximum Gasteiger partial charge on any atom is 0.224 e. The number of halogens is 1. The molecule has 1 amide bonds. The Labute approximate surface area is 207 Å². The van der Waals surface area contributed by atoms with E-state index < -0.39 is 0 Å². The van der Waals surface area contributed by atoms with Crippen LogP contribution in [0.3, 0.4) is 0 Å². The van der Waals surface area contributed by atoms with E-state index in [2.05, 4.69) is 64.5 Å². The SMILES string of the molecule is O=C(Cc1ccc(Cl)cc1)NCCCCCc1nc2ccccc2n1CCCc1ccccc1. The maximum absolute atomic E-state index is 12.1. The number of amides is 1. The Balaban J connectivity index is 1.22. The first-order chi connectivity index (χ1) is 16.7. The van der Waals surface area contributed by atoms with Crippen LogP contribution in [0, 0.1) is 0 Å². The van der Waals surface area contributed by atoms with Crippen molar-refractivity contribution in [3.05, 3.63) is 101 Å². The molecule has 0 saturated heterocycles. The van der Waals surface area contributed by atoms with Crippen LogP contribution in [0.4, 0.5) is 0 Å². The predicted octanol–water partition coefficient (Wildman–Crippen LogP) is 6.39. The molecule has 0 atom stereocenters. The first kappa shape index (κ1) is 24.0. The highest BCUT2D eigenvalue weighted by atomic mass is 35.5. The van der Waals surface area contributed by atoms with E-state index in [9.17, 15) is 4.79 Å². The lowest BCUT2D eigenvalue weighted by Crippen LogP contribution is -2.26. The normalized spacial score (nSPS) is 11.1. The van der Waals surface area contributed by atoms with Crippen LogP contribution in [0.15, 0.2) is 78.9 Å². The van der Waals surface area contributed by atoms with E-state index in [0.29, 0.717) is 18.0 Å². The first-order valence-corrected chi connectivity index (χ1v) is 12.6. The molecular weight excluding hydrogens is 442 g/mol. The van der Waals surface area contributed by atoms with Crippen LogP contribution < -0.4 is 5.32 Å². The van der Waals surface area contributed by atoms with Crippen molar-refractivity contribution in [2.45, 2.75) is 51.5 Å². The number of fused-ring (bicyclic) bond motifs is 1. The van der Waals surface area contributed by atoms with Gasteiger partial charge in [0, 0.05) is 24.5 Å². The monoisotopic (exact) mass is 473 g/mol. The highest BCUT2D eigenvalue weighted by molar-refractivity contribution is 6.30. The third kappa shape index (κ3) is 6.94. The number of hydrogen-bond acceptors (Lipinski definition) is 2. The Bertz CT molecular complexity index is 1190. The van der Waals surface area contributed by atoms with Gasteiger partial charge in [-0.05, 0) is 61.1 Å². The van der Waals surface area contributed by atoms with Crippen LogP contribution >= 0.6 is 11.6 Å². The van der Waals surface area contributed by atoms with Crippen molar-refractivity contribution in [3.63, 3.8) is 0 Å². The van der Waals surface area contributed by atoms with Gasteiger partial charge >= 0.3 is 0 Å². The molecule has 5 heteroatoms. The summed E-state index contributed by atoms with van der Waals surface area (Å²) in [6, 6.07) is 26.5. The number of rotatable bonds is 12. The first-order valence-electron chi connectivity index (χ1n) is 12.2. The number of unbranched alkanes of at least 4 members (excludes halogenated alkanes) is 2. The molecule has 4 aromatic rings. The fraction of sp³-hybridized carbons (Fsp3) is 0.310. The summed E-state index contributed by atoms with van der Waals surface area (Å²) in [7, 11) is 0. The van der Waals surface area contributed by atoms with Crippen LogP contribution in [-0.4, -0.2) is 22.0 Å². The number of imidazole rings is 1. The number of para-hydroxylation sites is 2. The number of hydrogen-bond donors (Lipinski definition) is 1. The van der Waals surface area contributed by atoms with Crippen molar-refractivity contribution in [2.24, 2.45) is 0 Å². The topological polar surface area (TPSA) is 46.9 Å². The zero-order valence-electron chi connectivity index (χ0n) is 19.6. The maximum atomic E-state index is 12.1. The molecule has 34 heavy (non-hydrogen) atoms. The van der Waals surface area contributed by atoms with E-state index in [1.54, 1.807) is 0 Å². The summed E-state index contributed by atoms with van der Waals surface area (Å²) < 4.78 is 2.40. The largest absolute Gasteiger partial charge is 0.356 e. The number of nitrogens with zero attached hydrogens (tertiary/aromatic N) is 2. The smallest absolute Gasteiger partial charge is 0.224 e. The molecule has 0 spiro atoms. The lowest BCUT2D eigenvalue weighted by molar-refractivity contribution is -0.120. The van der Waals surface area contributed by atoms with Gasteiger partial charge < -0.3 is 9.88 Å². The van der Waals surface area contributed by atoms with Gasteiger partial charge in [0.25, 0.3) is 0 Å². The van der Waals surface area contributed by atoms with E-state index in [-0.39, 0.29) is 5.91 Å². The zero-order valence-corrected chi connectivity index (χ0v) is 20.3. The molecule has 0 aliphatic rings. The number of aromatic nitrogens is 2. The highest BCUT2D eigenvalue weighted by Crippen LogP contribution is 2.19. The van der Waals surface area contributed by atoms with Crippen LogP contribution in [-0.2, 0) is 30.6 Å². The summed E-state index contributed by atoms with van der Waals surface area (Å²) in [5.41, 5.74) is 4.66. The van der Waals surface area contributed by atoms with Crippen molar-refractivity contribution < 1.29 is 4.79 Å². The van der Waals surface area contributed by atoms with Crippen LogP contribution in [0.1, 0.15) is 42.6 Å². The van der Waals surface area contributed by atoms with Gasteiger partial charge in [-0.3, -0.25) is 4.79 Å². The Morgan fingerprint density at radius 3 is 2.38 bits per heavy atom. The molecule has 1 aromatic heterocycles. The summed E-state index contributed by atoms with van der Waals surface area (Å²) in [6.07, 6.45) is 6.62. The van der Waals surface area contributed by atoms with E-state index in [1.165, 1.54) is 16.9 Å². The second-order valence-corrected chi connectivity index (χ2v) is 9.16. The van der Waals surface area contributed by atoms with Crippen molar-refractivity contribution in [1.29, 1.82) is 0 Å². The standard InChI is InChI=1S/C29H32ClN3O/c30-25-18-16-24(17-19-25)22-29(34)31-20-8-2-5-15-28-32-26-13-6-7-14-27(26)33(28)21-9-12-23-10-3-1-4-11-23/h1,3-4,6-7,10-11,13-14,16-19H,2,5,8-9,12,15,20-22H2,(H,31,34). The van der Waals surface area contributed by atoms with E-state index in [4.69, 9.17) is 16.6 Å². The summed E-state index contributed by atoms with van der Waals surface area (Å²) in [5.74, 6) is 1.23. The van der Waals surface area contributed by atoms with Crippen LogP contribution in [0.25, 0.3) is 11.0 Å². The second kappa shape index (κ2) is 12.4. The van der Waals surface area contributed by atoms with E-state index >= 15 is 0 Å². The lowest BCUT2D eigenvalue weighted by Gasteiger charge is -2.10. The molecule has 4 nitrogen and oxygen atoms in total.